The number of benzene rings is 1. The largest absolute Gasteiger partial charge is 0.335 e. The Morgan fingerprint density at radius 2 is 1.89 bits per heavy atom. The van der Waals surface area contributed by atoms with E-state index < -0.39 is 9.84 Å². The number of nitrogens with one attached hydrogen (secondary N) is 1. The predicted octanol–water partition coefficient (Wildman–Crippen LogP) is 2.38. The van der Waals surface area contributed by atoms with Crippen LogP contribution in [-0.4, -0.2) is 31.1 Å². The van der Waals surface area contributed by atoms with Crippen LogP contribution >= 0.6 is 11.8 Å². The number of anilines is 1. The van der Waals surface area contributed by atoms with Crippen LogP contribution < -0.4 is 5.32 Å². The summed E-state index contributed by atoms with van der Waals surface area (Å²) < 4.78 is 22.7. The van der Waals surface area contributed by atoms with Gasteiger partial charge in [0.25, 0.3) is 0 Å². The highest BCUT2D eigenvalue weighted by Crippen LogP contribution is 2.27. The molecule has 1 heterocycles. The van der Waals surface area contributed by atoms with E-state index in [9.17, 15) is 8.42 Å². The molecule has 1 aromatic rings. The summed E-state index contributed by atoms with van der Waals surface area (Å²) in [5.41, 5.74) is 0.825. The van der Waals surface area contributed by atoms with E-state index in [0.29, 0.717) is 4.90 Å². The molecule has 0 spiro atoms. The van der Waals surface area contributed by atoms with Gasteiger partial charge in [-0.1, -0.05) is 11.8 Å². The highest BCUT2D eigenvalue weighted by atomic mass is 32.2. The van der Waals surface area contributed by atoms with Crippen molar-refractivity contribution >= 4 is 32.5 Å². The molecule has 1 N–H and O–H groups in total. The fourth-order valence-corrected chi connectivity index (χ4v) is 3.24. The van der Waals surface area contributed by atoms with Gasteiger partial charge in [-0.3, -0.25) is 4.99 Å². The van der Waals surface area contributed by atoms with Gasteiger partial charge >= 0.3 is 0 Å². The molecule has 98 valence electrons. The monoisotopic (exact) mass is 284 g/mol. The quantitative estimate of drug-likeness (QED) is 0.906. The van der Waals surface area contributed by atoms with E-state index in [4.69, 9.17) is 0 Å². The fraction of sp³-hybridized carbons (Fsp3) is 0.417. The first-order valence-corrected chi connectivity index (χ1v) is 8.44. The van der Waals surface area contributed by atoms with Gasteiger partial charge in [0.05, 0.1) is 10.4 Å². The highest BCUT2D eigenvalue weighted by Gasteiger charge is 2.25. The van der Waals surface area contributed by atoms with E-state index in [1.54, 1.807) is 36.0 Å². The Labute approximate surface area is 112 Å². The van der Waals surface area contributed by atoms with Gasteiger partial charge in [-0.2, -0.15) is 0 Å². The number of aliphatic imine (C=N–C) groups is 1. The summed E-state index contributed by atoms with van der Waals surface area (Å²) in [5, 5.41) is 4.07. The molecule has 18 heavy (non-hydrogen) atoms. The zero-order valence-electron chi connectivity index (χ0n) is 10.6. The maximum absolute atomic E-state index is 11.3. The van der Waals surface area contributed by atoms with Crippen molar-refractivity contribution < 1.29 is 8.42 Å². The Bertz CT molecular complexity index is 575. The summed E-state index contributed by atoms with van der Waals surface area (Å²) in [6, 6.07) is 6.71. The minimum Gasteiger partial charge on any atom is -0.335 e. The average molecular weight is 284 g/mol. The maximum atomic E-state index is 11.3. The van der Waals surface area contributed by atoms with Crippen molar-refractivity contribution in [3.05, 3.63) is 24.3 Å². The lowest BCUT2D eigenvalue weighted by molar-refractivity contribution is 0.602. The molecule has 0 unspecified atom stereocenters. The van der Waals surface area contributed by atoms with Crippen molar-refractivity contribution in [2.24, 2.45) is 4.99 Å². The number of hydrogen-bond donors (Lipinski definition) is 1. The van der Waals surface area contributed by atoms with Crippen molar-refractivity contribution in [2.75, 3.05) is 17.3 Å². The average Bonchev–Trinajstić information content (AvgIpc) is 2.57. The van der Waals surface area contributed by atoms with Gasteiger partial charge in [-0.25, -0.2) is 8.42 Å². The van der Waals surface area contributed by atoms with Gasteiger partial charge in [0.2, 0.25) is 0 Å². The number of rotatable bonds is 2. The van der Waals surface area contributed by atoms with Crippen LogP contribution in [-0.2, 0) is 9.84 Å². The van der Waals surface area contributed by atoms with E-state index in [1.807, 2.05) is 0 Å². The minimum absolute atomic E-state index is 0.0281. The lowest BCUT2D eigenvalue weighted by Crippen LogP contribution is -2.15. The first-order valence-electron chi connectivity index (χ1n) is 5.56. The number of amidine groups is 1. The number of nitrogens with zero attached hydrogens (tertiary/aromatic N) is 1. The second-order valence-electron chi connectivity index (χ2n) is 4.94. The van der Waals surface area contributed by atoms with Gasteiger partial charge in [-0.15, -0.1) is 0 Å². The molecule has 0 saturated heterocycles. The maximum Gasteiger partial charge on any atom is 0.175 e. The molecular formula is C12H16N2O2S2. The molecule has 2 rings (SSSR count). The second kappa shape index (κ2) is 4.59. The Morgan fingerprint density at radius 1 is 1.28 bits per heavy atom. The van der Waals surface area contributed by atoms with Crippen molar-refractivity contribution in [3.8, 4) is 0 Å². The molecule has 1 aromatic carbocycles. The van der Waals surface area contributed by atoms with E-state index in [-0.39, 0.29) is 5.54 Å². The summed E-state index contributed by atoms with van der Waals surface area (Å²) in [6.07, 6.45) is 1.20. The lowest BCUT2D eigenvalue weighted by atomic mass is 10.1. The first-order chi connectivity index (χ1) is 8.26. The molecular weight excluding hydrogens is 268 g/mol. The SMILES string of the molecule is CC1(C)CSC(Nc2ccc(S(C)(=O)=O)cc2)=N1. The standard InChI is InChI=1S/C12H16N2O2S2/c1-12(2)8-17-11(14-12)13-9-4-6-10(7-5-9)18(3,15)16/h4-7H,8H2,1-3H3,(H,13,14). The molecule has 0 fully saturated rings. The van der Waals surface area contributed by atoms with Crippen LogP contribution in [0.5, 0.6) is 0 Å². The van der Waals surface area contributed by atoms with Crippen LogP contribution in [0.2, 0.25) is 0 Å². The van der Waals surface area contributed by atoms with Gasteiger partial charge in [0.1, 0.15) is 0 Å². The van der Waals surface area contributed by atoms with E-state index in [0.717, 1.165) is 16.6 Å². The number of sulfone groups is 1. The summed E-state index contributed by atoms with van der Waals surface area (Å²) in [4.78, 5) is 4.87. The van der Waals surface area contributed by atoms with E-state index in [1.165, 1.54) is 6.26 Å². The molecule has 4 nitrogen and oxygen atoms in total. The van der Waals surface area contributed by atoms with E-state index >= 15 is 0 Å². The Hall–Kier alpha value is -1.01. The summed E-state index contributed by atoms with van der Waals surface area (Å²) in [5.74, 6) is 0.955. The van der Waals surface area contributed by atoms with Crippen LogP contribution in [0.1, 0.15) is 13.8 Å². The number of hydrogen-bond acceptors (Lipinski definition) is 5. The molecule has 0 radical (unpaired) electrons. The topological polar surface area (TPSA) is 58.5 Å². The molecule has 1 aliphatic rings. The first kappa shape index (κ1) is 13.4. The van der Waals surface area contributed by atoms with Crippen molar-refractivity contribution in [2.45, 2.75) is 24.3 Å². The fourth-order valence-electron chi connectivity index (χ4n) is 1.56. The molecule has 0 aliphatic carbocycles. The second-order valence-corrected chi connectivity index (χ2v) is 7.92. The molecule has 6 heteroatoms. The normalized spacial score (nSPS) is 18.5. The summed E-state index contributed by atoms with van der Waals surface area (Å²) >= 11 is 1.67. The van der Waals surface area contributed by atoms with Crippen LogP contribution in [0.4, 0.5) is 5.69 Å². The highest BCUT2D eigenvalue weighted by molar-refractivity contribution is 8.14. The summed E-state index contributed by atoms with van der Waals surface area (Å²) in [7, 11) is -3.13. The Morgan fingerprint density at radius 3 is 2.33 bits per heavy atom. The van der Waals surface area contributed by atoms with Crippen molar-refractivity contribution in [3.63, 3.8) is 0 Å². The zero-order chi connectivity index (χ0) is 13.4. The van der Waals surface area contributed by atoms with Crippen molar-refractivity contribution in [1.82, 2.24) is 0 Å². The van der Waals surface area contributed by atoms with Crippen LogP contribution in [0.15, 0.2) is 34.2 Å². The van der Waals surface area contributed by atoms with Gasteiger partial charge in [-0.05, 0) is 38.1 Å². The molecule has 0 bridgehead atoms. The molecule has 0 atom stereocenters. The van der Waals surface area contributed by atoms with Gasteiger partial charge in [0, 0.05) is 17.7 Å². The van der Waals surface area contributed by atoms with Crippen molar-refractivity contribution in [1.29, 1.82) is 0 Å². The Kier molecular flexibility index (Phi) is 3.42. The van der Waals surface area contributed by atoms with Crippen LogP contribution in [0.3, 0.4) is 0 Å². The van der Waals surface area contributed by atoms with Gasteiger partial charge in [0.15, 0.2) is 15.0 Å². The lowest BCUT2D eigenvalue weighted by Gasteiger charge is -2.09. The van der Waals surface area contributed by atoms with Crippen LogP contribution in [0, 0.1) is 0 Å². The molecule has 0 amide bonds. The Balaban J connectivity index is 2.13. The molecule has 0 saturated carbocycles. The third kappa shape index (κ3) is 3.26. The smallest absolute Gasteiger partial charge is 0.175 e. The van der Waals surface area contributed by atoms with Crippen LogP contribution in [0.25, 0.3) is 0 Å². The molecule has 0 aromatic heterocycles. The predicted molar refractivity (Wildman–Crippen MR) is 77.1 cm³/mol. The third-order valence-corrected chi connectivity index (χ3v) is 4.95. The summed E-state index contributed by atoms with van der Waals surface area (Å²) in [6.45, 7) is 4.17. The number of thioether (sulfide) groups is 1. The molecule has 1 aliphatic heterocycles. The van der Waals surface area contributed by atoms with Gasteiger partial charge < -0.3 is 5.32 Å². The third-order valence-electron chi connectivity index (χ3n) is 2.50. The zero-order valence-corrected chi connectivity index (χ0v) is 12.2. The minimum atomic E-state index is -3.13. The van der Waals surface area contributed by atoms with E-state index in [2.05, 4.69) is 24.2 Å².